The molecule has 1 aromatic heterocycles. The smallest absolute Gasteiger partial charge is 0.272 e. The highest BCUT2D eigenvalue weighted by Gasteiger charge is 2.14. The van der Waals surface area contributed by atoms with Gasteiger partial charge in [0, 0.05) is 5.38 Å². The van der Waals surface area contributed by atoms with E-state index in [-0.39, 0.29) is 17.2 Å². The van der Waals surface area contributed by atoms with Crippen LogP contribution in [0.15, 0.2) is 40.1 Å². The molecule has 0 spiro atoms. The summed E-state index contributed by atoms with van der Waals surface area (Å²) in [7, 11) is -3.67. The predicted molar refractivity (Wildman–Crippen MR) is 74.1 cm³/mol. The van der Waals surface area contributed by atoms with Crippen molar-refractivity contribution in [3.05, 3.63) is 40.8 Å². The van der Waals surface area contributed by atoms with Crippen LogP contribution in [0.3, 0.4) is 0 Å². The van der Waals surface area contributed by atoms with E-state index in [9.17, 15) is 17.2 Å². The predicted octanol–water partition coefficient (Wildman–Crippen LogP) is 2.27. The molecule has 0 saturated carbocycles. The Morgan fingerprint density at radius 2 is 2.00 bits per heavy atom. The second-order valence-corrected chi connectivity index (χ2v) is 6.46. The van der Waals surface area contributed by atoms with E-state index in [4.69, 9.17) is 4.74 Å². The van der Waals surface area contributed by atoms with Gasteiger partial charge in [-0.3, -0.25) is 0 Å². The van der Waals surface area contributed by atoms with Crippen molar-refractivity contribution < 1.29 is 21.9 Å². The van der Waals surface area contributed by atoms with Crippen molar-refractivity contribution >= 4 is 21.4 Å². The van der Waals surface area contributed by atoms with Gasteiger partial charge >= 0.3 is 0 Å². The van der Waals surface area contributed by atoms with Gasteiger partial charge in [0.15, 0.2) is 0 Å². The number of hydrogen-bond acceptors (Lipinski definition) is 5. The number of thiazole rings is 1. The maximum Gasteiger partial charge on any atom is 0.272 e. The van der Waals surface area contributed by atoms with E-state index in [1.165, 1.54) is 35.6 Å². The molecule has 2 rings (SSSR count). The second kappa shape index (κ2) is 6.92. The van der Waals surface area contributed by atoms with Gasteiger partial charge in [0.2, 0.25) is 10.0 Å². The van der Waals surface area contributed by atoms with E-state index in [2.05, 4.69) is 9.71 Å². The van der Waals surface area contributed by atoms with Gasteiger partial charge in [-0.05, 0) is 24.3 Å². The zero-order chi connectivity index (χ0) is 15.3. The summed E-state index contributed by atoms with van der Waals surface area (Å²) in [4.78, 5) is 4.00. The van der Waals surface area contributed by atoms with Gasteiger partial charge in [-0.1, -0.05) is 0 Å². The Balaban J connectivity index is 1.99. The molecular weight excluding hydrogens is 322 g/mol. The van der Waals surface area contributed by atoms with Crippen LogP contribution < -0.4 is 9.46 Å². The summed E-state index contributed by atoms with van der Waals surface area (Å²) in [6.45, 7) is -0.635. The van der Waals surface area contributed by atoms with Gasteiger partial charge in [-0.25, -0.2) is 26.9 Å². The van der Waals surface area contributed by atoms with E-state index in [0.717, 1.165) is 0 Å². The maximum absolute atomic E-state index is 12.0. The molecule has 0 fully saturated rings. The Morgan fingerprint density at radius 3 is 2.57 bits per heavy atom. The minimum Gasteiger partial charge on any atom is -0.488 e. The molecule has 1 heterocycles. The first kappa shape index (κ1) is 15.8. The van der Waals surface area contributed by atoms with Crippen molar-refractivity contribution in [2.24, 2.45) is 0 Å². The fourth-order valence-corrected chi connectivity index (χ4v) is 3.01. The second-order valence-electron chi connectivity index (χ2n) is 3.98. The van der Waals surface area contributed by atoms with Crippen LogP contribution in [0.2, 0.25) is 0 Å². The van der Waals surface area contributed by atoms with Crippen LogP contribution in [-0.4, -0.2) is 26.4 Å². The molecular formula is C12H12F2N2O3S2. The van der Waals surface area contributed by atoms with Crippen molar-refractivity contribution in [2.45, 2.75) is 17.9 Å². The number of sulfonamides is 1. The van der Waals surface area contributed by atoms with Crippen molar-refractivity contribution in [1.82, 2.24) is 9.71 Å². The van der Waals surface area contributed by atoms with E-state index in [1.54, 1.807) is 10.9 Å². The monoisotopic (exact) mass is 334 g/mol. The lowest BCUT2D eigenvalue weighted by Crippen LogP contribution is -2.23. The fourth-order valence-electron chi connectivity index (χ4n) is 1.45. The number of halogens is 2. The molecule has 0 aliphatic heterocycles. The SMILES string of the molecule is O=S(=O)(NCc1cscn1)c1ccc(OCC(F)F)cc1. The summed E-state index contributed by atoms with van der Waals surface area (Å²) in [6, 6.07) is 5.26. The lowest BCUT2D eigenvalue weighted by atomic mass is 10.3. The molecule has 5 nitrogen and oxygen atoms in total. The molecule has 0 amide bonds. The zero-order valence-corrected chi connectivity index (χ0v) is 12.3. The molecule has 1 N–H and O–H groups in total. The average molecular weight is 334 g/mol. The highest BCUT2D eigenvalue weighted by Crippen LogP contribution is 2.16. The number of nitrogens with one attached hydrogen (secondary N) is 1. The van der Waals surface area contributed by atoms with Crippen molar-refractivity contribution in [2.75, 3.05) is 6.61 Å². The third-order valence-electron chi connectivity index (χ3n) is 2.44. The van der Waals surface area contributed by atoms with Crippen LogP contribution in [-0.2, 0) is 16.6 Å². The summed E-state index contributed by atoms with van der Waals surface area (Å²) >= 11 is 1.37. The van der Waals surface area contributed by atoms with Gasteiger partial charge < -0.3 is 4.74 Å². The van der Waals surface area contributed by atoms with E-state index in [0.29, 0.717) is 5.69 Å². The maximum atomic E-state index is 12.0. The van der Waals surface area contributed by atoms with Gasteiger partial charge in [0.05, 0.1) is 22.6 Å². The molecule has 0 bridgehead atoms. The number of aromatic nitrogens is 1. The van der Waals surface area contributed by atoms with Gasteiger partial charge in [0.25, 0.3) is 6.43 Å². The zero-order valence-electron chi connectivity index (χ0n) is 10.7. The molecule has 0 saturated heterocycles. The van der Waals surface area contributed by atoms with Crippen molar-refractivity contribution in [3.8, 4) is 5.75 Å². The van der Waals surface area contributed by atoms with Crippen LogP contribution in [0.4, 0.5) is 8.78 Å². The Hall–Kier alpha value is -1.58. The summed E-state index contributed by atoms with van der Waals surface area (Å²) in [5.41, 5.74) is 2.24. The first-order chi connectivity index (χ1) is 9.97. The standard InChI is InChI=1S/C12H12F2N2O3S2/c13-12(14)6-19-10-1-3-11(4-2-10)21(17,18)16-5-9-7-20-8-15-9/h1-4,7-8,12,16H,5-6H2. The largest absolute Gasteiger partial charge is 0.488 e. The molecule has 0 aliphatic carbocycles. The molecule has 0 atom stereocenters. The number of hydrogen-bond donors (Lipinski definition) is 1. The fraction of sp³-hybridized carbons (Fsp3) is 0.250. The van der Waals surface area contributed by atoms with Crippen LogP contribution in [0, 0.1) is 0 Å². The van der Waals surface area contributed by atoms with E-state index >= 15 is 0 Å². The topological polar surface area (TPSA) is 68.3 Å². The highest BCUT2D eigenvalue weighted by molar-refractivity contribution is 7.89. The summed E-state index contributed by atoms with van der Waals surface area (Å²) in [5, 5.41) is 1.74. The highest BCUT2D eigenvalue weighted by atomic mass is 32.2. The first-order valence-electron chi connectivity index (χ1n) is 5.85. The minimum absolute atomic E-state index is 0.0297. The van der Waals surface area contributed by atoms with Crippen molar-refractivity contribution in [1.29, 1.82) is 0 Å². The van der Waals surface area contributed by atoms with Gasteiger partial charge in [-0.15, -0.1) is 11.3 Å². The normalized spacial score (nSPS) is 11.8. The average Bonchev–Trinajstić information content (AvgIpc) is 2.97. The van der Waals surface area contributed by atoms with Crippen molar-refractivity contribution in [3.63, 3.8) is 0 Å². The molecule has 0 aliphatic rings. The molecule has 114 valence electrons. The molecule has 1 aromatic carbocycles. The number of alkyl halides is 2. The Labute approximate surface area is 124 Å². The quantitative estimate of drug-likeness (QED) is 0.843. The minimum atomic E-state index is -3.67. The molecule has 0 unspecified atom stereocenters. The van der Waals surface area contributed by atoms with Gasteiger partial charge in [-0.2, -0.15) is 0 Å². The van der Waals surface area contributed by atoms with Crippen LogP contribution >= 0.6 is 11.3 Å². The molecule has 9 heteroatoms. The van der Waals surface area contributed by atoms with E-state index in [1.807, 2.05) is 0 Å². The van der Waals surface area contributed by atoms with Crippen LogP contribution in [0.5, 0.6) is 5.75 Å². The number of rotatable bonds is 7. The summed E-state index contributed by atoms with van der Waals surface area (Å²) in [5.74, 6) is 0.189. The third kappa shape index (κ3) is 4.73. The summed E-state index contributed by atoms with van der Waals surface area (Å²) < 4.78 is 55.2. The molecule has 21 heavy (non-hydrogen) atoms. The lowest BCUT2D eigenvalue weighted by molar-refractivity contribution is 0.0819. The Kier molecular flexibility index (Phi) is 5.21. The van der Waals surface area contributed by atoms with Gasteiger partial charge in [0.1, 0.15) is 12.4 Å². The number of ether oxygens (including phenoxy) is 1. The first-order valence-corrected chi connectivity index (χ1v) is 8.28. The lowest BCUT2D eigenvalue weighted by Gasteiger charge is -2.08. The molecule has 2 aromatic rings. The number of nitrogens with zero attached hydrogens (tertiary/aromatic N) is 1. The van der Waals surface area contributed by atoms with Crippen LogP contribution in [0.25, 0.3) is 0 Å². The Bertz CT molecular complexity index is 658. The molecule has 0 radical (unpaired) electrons. The number of benzene rings is 1. The summed E-state index contributed by atoms with van der Waals surface area (Å²) in [6.07, 6.45) is -2.58. The van der Waals surface area contributed by atoms with E-state index < -0.39 is 23.1 Å². The van der Waals surface area contributed by atoms with Crippen LogP contribution in [0.1, 0.15) is 5.69 Å². The Morgan fingerprint density at radius 1 is 1.29 bits per heavy atom. The third-order valence-corrected chi connectivity index (χ3v) is 4.49.